The van der Waals surface area contributed by atoms with Crippen molar-refractivity contribution in [1.82, 2.24) is 4.98 Å². The SMILES string of the molecule is CC(C)(C)CS(=O)(=O)c1cc(Br)cc(NC(=O)c2ccc(N3C(=O)OCC3(C)C)nc2N2CCC3(CC2)CC3)c1. The molecule has 40 heavy (non-hydrogen) atoms. The van der Waals surface area contributed by atoms with Crippen molar-refractivity contribution in [3.63, 3.8) is 0 Å². The van der Waals surface area contributed by atoms with Crippen molar-refractivity contribution < 1.29 is 22.7 Å². The van der Waals surface area contributed by atoms with Crippen molar-refractivity contribution in [2.45, 2.75) is 70.7 Å². The van der Waals surface area contributed by atoms with Gasteiger partial charge in [-0.1, -0.05) is 36.7 Å². The Morgan fingerprint density at radius 2 is 1.77 bits per heavy atom. The van der Waals surface area contributed by atoms with Crippen LogP contribution in [-0.2, 0) is 14.6 Å². The van der Waals surface area contributed by atoms with Gasteiger partial charge in [0.1, 0.15) is 18.2 Å². The fraction of sp³-hybridized carbons (Fsp3) is 0.552. The number of nitrogens with one attached hydrogen (secondary N) is 1. The van der Waals surface area contributed by atoms with E-state index in [0.717, 1.165) is 25.9 Å². The number of hydrogen-bond acceptors (Lipinski definition) is 7. The molecule has 3 fully saturated rings. The third-order valence-electron chi connectivity index (χ3n) is 7.86. The number of anilines is 3. The zero-order chi connectivity index (χ0) is 29.1. The van der Waals surface area contributed by atoms with Crippen LogP contribution in [0.4, 0.5) is 22.1 Å². The van der Waals surface area contributed by atoms with Gasteiger partial charge in [-0.2, -0.15) is 0 Å². The molecule has 9 nitrogen and oxygen atoms in total. The summed E-state index contributed by atoms with van der Waals surface area (Å²) in [5.41, 5.74) is 0.164. The van der Waals surface area contributed by atoms with Crippen molar-refractivity contribution >= 4 is 55.1 Å². The number of ether oxygens (including phenoxy) is 1. The molecule has 1 saturated carbocycles. The summed E-state index contributed by atoms with van der Waals surface area (Å²) in [6.45, 7) is 11.2. The monoisotopic (exact) mass is 632 g/mol. The molecule has 216 valence electrons. The third-order valence-corrected chi connectivity index (χ3v) is 10.5. The Kier molecular flexibility index (Phi) is 7.22. The van der Waals surface area contributed by atoms with Crippen molar-refractivity contribution in [3.8, 4) is 0 Å². The molecule has 3 aliphatic rings. The molecule has 2 amide bonds. The normalized spacial score (nSPS) is 20.0. The molecule has 1 aromatic heterocycles. The highest BCUT2D eigenvalue weighted by Crippen LogP contribution is 2.54. The van der Waals surface area contributed by atoms with Gasteiger partial charge in [0.15, 0.2) is 9.84 Å². The van der Waals surface area contributed by atoms with Crippen LogP contribution in [0.3, 0.4) is 0 Å². The molecule has 0 atom stereocenters. The molecule has 11 heteroatoms. The maximum atomic E-state index is 13.7. The predicted molar refractivity (Wildman–Crippen MR) is 159 cm³/mol. The zero-order valence-electron chi connectivity index (χ0n) is 23.7. The Labute approximate surface area is 244 Å². The van der Waals surface area contributed by atoms with E-state index in [-0.39, 0.29) is 17.3 Å². The first-order valence-corrected chi connectivity index (χ1v) is 16.1. The van der Waals surface area contributed by atoms with Gasteiger partial charge in [0.2, 0.25) is 0 Å². The molecule has 0 bridgehead atoms. The van der Waals surface area contributed by atoms with E-state index in [1.807, 2.05) is 34.6 Å². The third kappa shape index (κ3) is 6.00. The minimum atomic E-state index is -3.58. The average Bonchev–Trinajstić information content (AvgIpc) is 3.53. The molecule has 2 saturated heterocycles. The Morgan fingerprint density at radius 3 is 2.35 bits per heavy atom. The lowest BCUT2D eigenvalue weighted by molar-refractivity contribution is 0.102. The summed E-state index contributed by atoms with van der Waals surface area (Å²) in [4.78, 5) is 34.9. The van der Waals surface area contributed by atoms with Crippen LogP contribution >= 0.6 is 15.9 Å². The summed E-state index contributed by atoms with van der Waals surface area (Å²) in [5, 5.41) is 2.89. The molecule has 1 aliphatic carbocycles. The van der Waals surface area contributed by atoms with Crippen LogP contribution < -0.4 is 15.1 Å². The van der Waals surface area contributed by atoms with Crippen LogP contribution in [0.5, 0.6) is 0 Å². The summed E-state index contributed by atoms with van der Waals surface area (Å²) in [6, 6.07) is 8.07. The Balaban J connectivity index is 1.47. The van der Waals surface area contributed by atoms with E-state index in [1.54, 1.807) is 24.3 Å². The number of nitrogens with zero attached hydrogens (tertiary/aromatic N) is 3. The summed E-state index contributed by atoms with van der Waals surface area (Å²) in [5.74, 6) is 0.520. The molecule has 2 aliphatic heterocycles. The van der Waals surface area contributed by atoms with Crippen molar-refractivity contribution in [1.29, 1.82) is 0 Å². The first kappa shape index (κ1) is 28.9. The highest BCUT2D eigenvalue weighted by Gasteiger charge is 2.46. The van der Waals surface area contributed by atoms with Crippen molar-refractivity contribution in [2.75, 3.05) is 40.6 Å². The number of sulfone groups is 1. The molecule has 5 rings (SSSR count). The molecule has 2 aromatic rings. The standard InChI is InChI=1S/C29H37BrN4O5S/c1-27(2,3)18-40(37,38)21-15-19(30)14-20(16-21)31-25(35)22-6-7-23(34-26(36)39-17-28(34,4)5)32-24(22)33-12-10-29(8-9-29)11-13-33/h6-7,14-16H,8-13,17-18H2,1-5H3,(H,31,35). The van der Waals surface area contributed by atoms with Gasteiger partial charge >= 0.3 is 6.09 Å². The number of benzene rings is 1. The fourth-order valence-electron chi connectivity index (χ4n) is 5.54. The average molecular weight is 634 g/mol. The van der Waals surface area contributed by atoms with E-state index in [0.29, 0.717) is 32.8 Å². The largest absolute Gasteiger partial charge is 0.447 e. The lowest BCUT2D eigenvalue weighted by Crippen LogP contribution is -2.43. The van der Waals surface area contributed by atoms with E-state index in [2.05, 4.69) is 26.1 Å². The second-order valence-electron chi connectivity index (χ2n) is 13.2. The van der Waals surface area contributed by atoms with Gasteiger partial charge in [-0.25, -0.2) is 18.2 Å². The van der Waals surface area contributed by atoms with E-state index < -0.39 is 32.8 Å². The van der Waals surface area contributed by atoms with Gasteiger partial charge in [-0.05, 0) is 80.7 Å². The Hall–Kier alpha value is -2.66. The van der Waals surface area contributed by atoms with E-state index in [4.69, 9.17) is 9.72 Å². The summed E-state index contributed by atoms with van der Waals surface area (Å²) in [6.07, 6.45) is 4.11. The number of cyclic esters (lactones) is 1. The predicted octanol–water partition coefficient (Wildman–Crippen LogP) is 6.03. The van der Waals surface area contributed by atoms with Crippen LogP contribution in [0.1, 0.15) is 70.7 Å². The first-order valence-electron chi connectivity index (χ1n) is 13.7. The summed E-state index contributed by atoms with van der Waals surface area (Å²) >= 11 is 3.40. The molecular formula is C29H37BrN4O5S. The molecule has 1 aromatic carbocycles. The smallest absolute Gasteiger partial charge is 0.416 e. The topological polar surface area (TPSA) is 109 Å². The first-order chi connectivity index (χ1) is 18.6. The highest BCUT2D eigenvalue weighted by molar-refractivity contribution is 9.10. The Bertz CT molecular complexity index is 1450. The minimum absolute atomic E-state index is 0.0227. The summed E-state index contributed by atoms with van der Waals surface area (Å²) < 4.78 is 32.0. The summed E-state index contributed by atoms with van der Waals surface area (Å²) in [7, 11) is -3.58. The highest BCUT2D eigenvalue weighted by atomic mass is 79.9. The second kappa shape index (κ2) is 10.0. The molecule has 1 N–H and O–H groups in total. The number of halogens is 1. The quantitative estimate of drug-likeness (QED) is 0.414. The lowest BCUT2D eigenvalue weighted by atomic mass is 9.93. The lowest BCUT2D eigenvalue weighted by Gasteiger charge is -2.35. The van der Waals surface area contributed by atoms with E-state index >= 15 is 0 Å². The van der Waals surface area contributed by atoms with Crippen LogP contribution in [0, 0.1) is 10.8 Å². The zero-order valence-corrected chi connectivity index (χ0v) is 26.1. The van der Waals surface area contributed by atoms with Crippen molar-refractivity contribution in [3.05, 3.63) is 40.4 Å². The van der Waals surface area contributed by atoms with Gasteiger partial charge in [0.05, 0.1) is 21.8 Å². The maximum Gasteiger partial charge on any atom is 0.416 e. The molecule has 1 spiro atoms. The second-order valence-corrected chi connectivity index (χ2v) is 16.1. The van der Waals surface area contributed by atoms with Crippen molar-refractivity contribution in [2.24, 2.45) is 10.8 Å². The number of rotatable bonds is 6. The number of piperidine rings is 1. The molecule has 0 radical (unpaired) electrons. The fourth-order valence-corrected chi connectivity index (χ4v) is 8.10. The number of carbonyl (C=O) groups excluding carboxylic acids is 2. The van der Waals surface area contributed by atoms with Crippen LogP contribution in [-0.4, -0.2) is 56.4 Å². The molecule has 0 unspecified atom stereocenters. The molecule has 3 heterocycles. The number of pyridine rings is 1. The number of amides is 2. The van der Waals surface area contributed by atoms with Gasteiger partial charge < -0.3 is 15.0 Å². The van der Waals surface area contributed by atoms with Crippen LogP contribution in [0.25, 0.3) is 0 Å². The van der Waals surface area contributed by atoms with Gasteiger partial charge in [0, 0.05) is 23.2 Å². The minimum Gasteiger partial charge on any atom is -0.447 e. The number of aromatic nitrogens is 1. The van der Waals surface area contributed by atoms with Gasteiger partial charge in [-0.3, -0.25) is 9.69 Å². The van der Waals surface area contributed by atoms with Crippen LogP contribution in [0.15, 0.2) is 39.7 Å². The number of carbonyl (C=O) groups is 2. The number of hydrogen-bond donors (Lipinski definition) is 1. The molecular weight excluding hydrogens is 596 g/mol. The van der Waals surface area contributed by atoms with Crippen LogP contribution in [0.2, 0.25) is 0 Å². The Morgan fingerprint density at radius 1 is 1.10 bits per heavy atom. The van der Waals surface area contributed by atoms with E-state index in [1.165, 1.54) is 23.8 Å². The van der Waals surface area contributed by atoms with E-state index in [9.17, 15) is 18.0 Å². The maximum absolute atomic E-state index is 13.7. The van der Waals surface area contributed by atoms with Gasteiger partial charge in [0.25, 0.3) is 5.91 Å². The van der Waals surface area contributed by atoms with Gasteiger partial charge in [-0.15, -0.1) is 0 Å².